The van der Waals surface area contributed by atoms with E-state index in [0.29, 0.717) is 19.3 Å². The van der Waals surface area contributed by atoms with E-state index in [4.69, 9.17) is 24.5 Å². The zero-order valence-electron chi connectivity index (χ0n) is 50.8. The van der Waals surface area contributed by atoms with Crippen LogP contribution in [0.1, 0.15) is 348 Å². The number of aliphatic hydroxyl groups is 6. The van der Waals surface area contributed by atoms with Gasteiger partial charge in [0.1, 0.15) is 23.9 Å². The molecular weight excluding hydrogens is 1070 g/mol. The fraction of sp³-hybridized carbons (Fsp3) is 1.00. The molecule has 4 atom stereocenters. The quantitative estimate of drug-likeness (QED) is 0.0199. The van der Waals surface area contributed by atoms with Gasteiger partial charge in [0, 0.05) is 0 Å². The Balaban J connectivity index is 0. The Morgan fingerprint density at radius 1 is 0.329 bits per heavy atom. The van der Waals surface area contributed by atoms with Crippen LogP contribution in [-0.4, -0.2) is 91.2 Å². The highest BCUT2D eigenvalue weighted by Crippen LogP contribution is 2.64. The lowest BCUT2D eigenvalue weighted by Gasteiger charge is -2.48. The molecule has 478 valence electrons. The normalized spacial score (nSPS) is 14.5. The molecule has 0 saturated heterocycles. The SMILES string of the molecule is CCCCCCCCCCCCCCCCCCC(O)(CCCCCCCCCCCCCCCCCC)[C@@](O)(CCCCCCCCCCCCCCCCCC)[C@@H](O)[C@H](O)[C@H](O)CO.O=P(O)(O)OP(=O)(O)OP(=O)(O)O. The molecule has 0 spiro atoms. The van der Waals surface area contributed by atoms with Crippen LogP contribution in [0.5, 0.6) is 0 Å². The van der Waals surface area contributed by atoms with E-state index >= 15 is 0 Å². The topological polar surface area (TPSA) is 292 Å². The molecule has 0 bridgehead atoms. The summed E-state index contributed by atoms with van der Waals surface area (Å²) >= 11 is 0. The van der Waals surface area contributed by atoms with E-state index in [0.717, 1.165) is 57.8 Å². The lowest BCUT2D eigenvalue weighted by atomic mass is 9.68. The summed E-state index contributed by atoms with van der Waals surface area (Å²) in [5, 5.41) is 67.9. The number of unbranched alkanes of at least 4 members (excludes halogenated alkanes) is 45. The maximum absolute atomic E-state index is 12.6. The van der Waals surface area contributed by atoms with Gasteiger partial charge in [-0.1, -0.05) is 329 Å². The molecule has 0 unspecified atom stereocenters. The Labute approximate surface area is 483 Å². The predicted octanol–water partition coefficient (Wildman–Crippen LogP) is 16.8. The average Bonchev–Trinajstić information content (AvgIpc) is 3.39. The second kappa shape index (κ2) is 53.6. The van der Waals surface area contributed by atoms with Gasteiger partial charge in [-0.2, -0.15) is 8.62 Å². The molecule has 0 heterocycles. The molecule has 0 aliphatic heterocycles. The largest absolute Gasteiger partial charge is 0.490 e. The Kier molecular flexibility index (Phi) is 55.1. The van der Waals surface area contributed by atoms with Crippen molar-refractivity contribution in [3.8, 4) is 0 Å². The van der Waals surface area contributed by atoms with Crippen LogP contribution in [0.3, 0.4) is 0 Å². The molecule has 0 saturated carbocycles. The number of rotatable bonds is 60. The number of aliphatic hydroxyl groups excluding tert-OH is 4. The molecular formula is C60H127O16P3. The standard InChI is InChI=1S/C60H122O6.H5O10P3/c1-4-7-10-13-16-19-22-25-28-31-34-37-40-43-46-49-52-59(65,53-50-47-44-41-38-35-32-29-26-23-20-17-14-11-8-5-2)60(66,58(64)57(63)56(62)55-61)54-51-48-45-42-39-36-33-30-27-24-21-18-15-12-9-6-3;1-11(2,3)9-13(7,8)10-12(4,5)6/h56-58,61-66H,4-55H2,1-3H3;(H,7,8)(H2,1,2,3)(H2,4,5,6)/t56-,57-,58+,60-;/m1./s1. The van der Waals surface area contributed by atoms with E-state index in [-0.39, 0.29) is 6.42 Å². The Morgan fingerprint density at radius 3 is 0.709 bits per heavy atom. The third kappa shape index (κ3) is 51.1. The van der Waals surface area contributed by atoms with Crippen molar-refractivity contribution < 1.29 is 77.4 Å². The first kappa shape index (κ1) is 81.2. The summed E-state index contributed by atoms with van der Waals surface area (Å²) in [5.41, 5.74) is -3.58. The van der Waals surface area contributed by atoms with Crippen molar-refractivity contribution in [2.45, 2.75) is 378 Å². The summed E-state index contributed by atoms with van der Waals surface area (Å²) in [6.45, 7) is 6.12. The highest BCUT2D eigenvalue weighted by molar-refractivity contribution is 7.66. The number of hydrogen-bond acceptors (Lipinski definition) is 11. The van der Waals surface area contributed by atoms with E-state index in [1.165, 1.54) is 244 Å². The van der Waals surface area contributed by atoms with Crippen LogP contribution in [-0.2, 0) is 22.3 Å². The van der Waals surface area contributed by atoms with Gasteiger partial charge in [0.2, 0.25) is 0 Å². The van der Waals surface area contributed by atoms with E-state index < -0.39 is 59.6 Å². The summed E-state index contributed by atoms with van der Waals surface area (Å²) in [6, 6.07) is 0. The molecule has 79 heavy (non-hydrogen) atoms. The van der Waals surface area contributed by atoms with E-state index in [1.807, 2.05) is 0 Å². The highest BCUT2D eigenvalue weighted by atomic mass is 31.3. The minimum atomic E-state index is -5.46. The Morgan fingerprint density at radius 2 is 0.519 bits per heavy atom. The smallest absolute Gasteiger partial charge is 0.394 e. The predicted molar refractivity (Wildman–Crippen MR) is 324 cm³/mol. The molecule has 11 N–H and O–H groups in total. The van der Waals surface area contributed by atoms with Gasteiger partial charge in [-0.05, 0) is 19.3 Å². The summed E-state index contributed by atoms with van der Waals surface area (Å²) in [4.78, 5) is 40.2. The molecule has 0 aliphatic carbocycles. The molecule has 19 heteroatoms. The second-order valence-corrected chi connectivity index (χ2v) is 27.6. The van der Waals surface area contributed by atoms with Gasteiger partial charge in [-0.3, -0.25) is 0 Å². The second-order valence-electron chi connectivity index (χ2n) is 23.4. The number of phosphoric acid groups is 3. The molecule has 16 nitrogen and oxygen atoms in total. The van der Waals surface area contributed by atoms with Gasteiger partial charge in [-0.15, -0.1) is 0 Å². The van der Waals surface area contributed by atoms with Gasteiger partial charge >= 0.3 is 23.5 Å². The minimum absolute atomic E-state index is 0.163. The monoisotopic (exact) mass is 1200 g/mol. The van der Waals surface area contributed by atoms with Crippen LogP contribution in [0, 0.1) is 0 Å². The molecule has 0 aromatic rings. The van der Waals surface area contributed by atoms with Gasteiger partial charge < -0.3 is 55.1 Å². The maximum atomic E-state index is 12.6. The minimum Gasteiger partial charge on any atom is -0.394 e. The summed E-state index contributed by atoms with van der Waals surface area (Å²) < 4.78 is 36.4. The third-order valence-electron chi connectivity index (χ3n) is 15.9. The molecule has 0 aromatic carbocycles. The van der Waals surface area contributed by atoms with Crippen LogP contribution in [0.15, 0.2) is 0 Å². The van der Waals surface area contributed by atoms with Crippen molar-refractivity contribution in [3.63, 3.8) is 0 Å². The maximum Gasteiger partial charge on any atom is 0.490 e. The summed E-state index contributed by atoms with van der Waals surface area (Å²) in [7, 11) is -16.2. The van der Waals surface area contributed by atoms with Crippen LogP contribution < -0.4 is 0 Å². The zero-order valence-corrected chi connectivity index (χ0v) is 53.5. The van der Waals surface area contributed by atoms with Gasteiger partial charge in [-0.25, -0.2) is 13.7 Å². The van der Waals surface area contributed by atoms with Crippen molar-refractivity contribution >= 4 is 23.5 Å². The Bertz CT molecular complexity index is 1390. The highest BCUT2D eigenvalue weighted by Gasteiger charge is 2.55. The fourth-order valence-electron chi connectivity index (χ4n) is 11.0. The van der Waals surface area contributed by atoms with Crippen molar-refractivity contribution in [3.05, 3.63) is 0 Å². The lowest BCUT2D eigenvalue weighted by molar-refractivity contribution is -0.243. The van der Waals surface area contributed by atoms with Gasteiger partial charge in [0.25, 0.3) is 0 Å². The first-order valence-electron chi connectivity index (χ1n) is 32.6. The fourth-order valence-corrected chi connectivity index (χ4v) is 13.5. The average molecular weight is 1200 g/mol. The van der Waals surface area contributed by atoms with Crippen molar-refractivity contribution in [2.24, 2.45) is 0 Å². The van der Waals surface area contributed by atoms with Crippen molar-refractivity contribution in [1.82, 2.24) is 0 Å². The summed E-state index contributed by atoms with van der Waals surface area (Å²) in [5.74, 6) is 0. The zero-order chi connectivity index (χ0) is 59.4. The third-order valence-corrected chi connectivity index (χ3v) is 19.3. The van der Waals surface area contributed by atoms with Crippen LogP contribution >= 0.6 is 23.5 Å². The van der Waals surface area contributed by atoms with Crippen LogP contribution in [0.25, 0.3) is 0 Å². The first-order valence-corrected chi connectivity index (χ1v) is 37.2. The van der Waals surface area contributed by atoms with Crippen molar-refractivity contribution in [2.75, 3.05) is 6.61 Å². The van der Waals surface area contributed by atoms with E-state index in [9.17, 15) is 44.3 Å². The van der Waals surface area contributed by atoms with Crippen molar-refractivity contribution in [1.29, 1.82) is 0 Å². The van der Waals surface area contributed by atoms with Crippen LogP contribution in [0.2, 0.25) is 0 Å². The van der Waals surface area contributed by atoms with Gasteiger partial charge in [0.05, 0.1) is 12.2 Å². The van der Waals surface area contributed by atoms with Gasteiger partial charge in [0.15, 0.2) is 0 Å². The first-order chi connectivity index (χ1) is 37.6. The molecule has 0 radical (unpaired) electrons. The summed E-state index contributed by atoms with van der Waals surface area (Å²) in [6.07, 6.45) is 56.0. The van der Waals surface area contributed by atoms with E-state index in [1.54, 1.807) is 0 Å². The number of hydrogen-bond donors (Lipinski definition) is 11. The van der Waals surface area contributed by atoms with E-state index in [2.05, 4.69) is 29.4 Å². The lowest BCUT2D eigenvalue weighted by Crippen LogP contribution is -2.65. The molecule has 0 fully saturated rings. The molecule has 0 amide bonds. The molecule has 0 aliphatic rings. The Hall–Kier alpha value is 0.170. The van der Waals surface area contributed by atoms with Crippen LogP contribution in [0.4, 0.5) is 0 Å². The molecule has 0 aromatic heterocycles. The molecule has 0 rings (SSSR count).